The van der Waals surface area contributed by atoms with Gasteiger partial charge in [0.15, 0.2) is 6.61 Å². The maximum atomic E-state index is 13.4. The molecule has 0 aromatic heterocycles. The molecule has 0 aliphatic carbocycles. The average Bonchev–Trinajstić information content (AvgIpc) is 2.84. The van der Waals surface area contributed by atoms with E-state index in [1.165, 1.54) is 16.4 Å². The second kappa shape index (κ2) is 11.5. The van der Waals surface area contributed by atoms with Gasteiger partial charge in [0.2, 0.25) is 0 Å². The average molecular weight is 481 g/mol. The lowest BCUT2D eigenvalue weighted by molar-refractivity contribution is -0.124. The Bertz CT molecular complexity index is 1230. The molecular formula is C26H28N2O5S. The molecule has 0 saturated heterocycles. The van der Waals surface area contributed by atoms with Gasteiger partial charge in [-0.1, -0.05) is 54.6 Å². The number of amides is 1. The summed E-state index contributed by atoms with van der Waals surface area (Å²) in [7, 11) is -3.91. The highest BCUT2D eigenvalue weighted by Crippen LogP contribution is 2.26. The van der Waals surface area contributed by atoms with Crippen molar-refractivity contribution in [3.63, 3.8) is 0 Å². The van der Waals surface area contributed by atoms with Crippen LogP contribution in [0.25, 0.3) is 0 Å². The zero-order chi connectivity index (χ0) is 24.6. The first-order valence-electron chi connectivity index (χ1n) is 11.0. The van der Waals surface area contributed by atoms with E-state index in [4.69, 9.17) is 4.74 Å². The summed E-state index contributed by atoms with van der Waals surface area (Å²) in [6.45, 7) is 3.60. The van der Waals surface area contributed by atoms with Gasteiger partial charge in [-0.25, -0.2) is 13.2 Å². The highest BCUT2D eigenvalue weighted by molar-refractivity contribution is 7.92. The molecule has 0 fully saturated rings. The summed E-state index contributed by atoms with van der Waals surface area (Å²) >= 11 is 0. The second-order valence-electron chi connectivity index (χ2n) is 7.65. The van der Waals surface area contributed by atoms with Crippen molar-refractivity contribution < 1.29 is 22.7 Å². The number of hydrogen-bond acceptors (Lipinski definition) is 5. The highest BCUT2D eigenvalue weighted by Gasteiger charge is 2.26. The smallest absolute Gasteiger partial charge is 0.338 e. The minimum absolute atomic E-state index is 0.0139. The lowest BCUT2D eigenvalue weighted by atomic mass is 10.1. The number of benzene rings is 3. The van der Waals surface area contributed by atoms with Crippen LogP contribution in [0, 0.1) is 6.92 Å². The third-order valence-corrected chi connectivity index (χ3v) is 7.28. The van der Waals surface area contributed by atoms with Crippen molar-refractivity contribution in [3.8, 4) is 0 Å². The van der Waals surface area contributed by atoms with Gasteiger partial charge in [-0.05, 0) is 55.7 Å². The Kier molecular flexibility index (Phi) is 8.43. The third kappa shape index (κ3) is 6.23. The van der Waals surface area contributed by atoms with Gasteiger partial charge in [0.05, 0.1) is 16.1 Å². The van der Waals surface area contributed by atoms with Crippen LogP contribution in [-0.2, 0) is 26.0 Å². The number of esters is 1. The molecule has 7 nitrogen and oxygen atoms in total. The van der Waals surface area contributed by atoms with Crippen LogP contribution in [0.1, 0.15) is 28.4 Å². The van der Waals surface area contributed by atoms with Gasteiger partial charge < -0.3 is 10.1 Å². The van der Waals surface area contributed by atoms with E-state index in [-0.39, 0.29) is 17.0 Å². The van der Waals surface area contributed by atoms with Gasteiger partial charge in [-0.2, -0.15) is 0 Å². The van der Waals surface area contributed by atoms with Crippen LogP contribution in [-0.4, -0.2) is 40.0 Å². The van der Waals surface area contributed by atoms with Crippen LogP contribution in [0.5, 0.6) is 0 Å². The van der Waals surface area contributed by atoms with E-state index in [2.05, 4.69) is 5.32 Å². The number of nitrogens with zero attached hydrogens (tertiary/aromatic N) is 1. The van der Waals surface area contributed by atoms with Crippen LogP contribution in [0.2, 0.25) is 0 Å². The SMILES string of the molecule is CCN(c1ccccc1)S(=O)(=O)c1cc(C(=O)OCC(=O)NCCc2ccccc2)ccc1C. The molecule has 3 aromatic rings. The summed E-state index contributed by atoms with van der Waals surface area (Å²) in [6, 6.07) is 22.8. The fourth-order valence-electron chi connectivity index (χ4n) is 3.47. The summed E-state index contributed by atoms with van der Waals surface area (Å²) in [5.41, 5.74) is 2.18. The standard InChI is InChI=1S/C26H28N2O5S/c1-3-28(23-12-8-5-9-13-23)34(31,32)24-18-22(15-14-20(24)2)26(30)33-19-25(29)27-17-16-21-10-6-4-7-11-21/h4-15,18H,3,16-17,19H2,1-2H3,(H,27,29). The number of ether oxygens (including phenoxy) is 1. The number of carbonyl (C=O) groups is 2. The number of anilines is 1. The van der Waals surface area contributed by atoms with Crippen molar-refractivity contribution in [2.75, 3.05) is 24.0 Å². The zero-order valence-corrected chi connectivity index (χ0v) is 20.0. The zero-order valence-electron chi connectivity index (χ0n) is 19.2. The van der Waals surface area contributed by atoms with Gasteiger partial charge in [0.1, 0.15) is 0 Å². The van der Waals surface area contributed by atoms with Gasteiger partial charge in [0.25, 0.3) is 15.9 Å². The molecule has 0 bridgehead atoms. The van der Waals surface area contributed by atoms with E-state index in [0.29, 0.717) is 24.2 Å². The lowest BCUT2D eigenvalue weighted by Gasteiger charge is -2.24. The highest BCUT2D eigenvalue weighted by atomic mass is 32.2. The molecule has 0 aliphatic rings. The van der Waals surface area contributed by atoms with E-state index in [1.54, 1.807) is 44.2 Å². The van der Waals surface area contributed by atoms with Crippen LogP contribution >= 0.6 is 0 Å². The minimum atomic E-state index is -3.91. The lowest BCUT2D eigenvalue weighted by Crippen LogP contribution is -2.31. The first-order valence-corrected chi connectivity index (χ1v) is 12.4. The normalized spacial score (nSPS) is 11.0. The molecule has 0 aliphatic heterocycles. The van der Waals surface area contributed by atoms with Gasteiger partial charge in [-0.3, -0.25) is 9.10 Å². The Morgan fingerprint density at radius 3 is 2.24 bits per heavy atom. The number of para-hydroxylation sites is 1. The van der Waals surface area contributed by atoms with Crippen molar-refractivity contribution in [1.29, 1.82) is 0 Å². The van der Waals surface area contributed by atoms with Crippen LogP contribution < -0.4 is 9.62 Å². The molecule has 0 heterocycles. The van der Waals surface area contributed by atoms with E-state index in [1.807, 2.05) is 36.4 Å². The molecule has 0 atom stereocenters. The largest absolute Gasteiger partial charge is 0.452 e. The second-order valence-corrected chi connectivity index (χ2v) is 9.48. The Morgan fingerprint density at radius 2 is 1.59 bits per heavy atom. The summed E-state index contributed by atoms with van der Waals surface area (Å²) in [4.78, 5) is 24.6. The fourth-order valence-corrected chi connectivity index (χ4v) is 5.19. The van der Waals surface area contributed by atoms with Crippen molar-refractivity contribution in [2.45, 2.75) is 25.2 Å². The molecule has 0 spiro atoms. The molecule has 0 saturated carbocycles. The topological polar surface area (TPSA) is 92.8 Å². The molecule has 1 amide bonds. The molecule has 1 N–H and O–H groups in total. The van der Waals surface area contributed by atoms with Crippen molar-refractivity contribution in [3.05, 3.63) is 95.6 Å². The van der Waals surface area contributed by atoms with E-state index in [0.717, 1.165) is 5.56 Å². The summed E-state index contributed by atoms with van der Waals surface area (Å²) < 4.78 is 33.1. The van der Waals surface area contributed by atoms with E-state index < -0.39 is 28.5 Å². The Hall–Kier alpha value is -3.65. The van der Waals surface area contributed by atoms with Crippen LogP contribution in [0.4, 0.5) is 5.69 Å². The quantitative estimate of drug-likeness (QED) is 0.447. The fraction of sp³-hybridized carbons (Fsp3) is 0.231. The van der Waals surface area contributed by atoms with Crippen molar-refractivity contribution >= 4 is 27.6 Å². The molecule has 3 aromatic carbocycles. The predicted molar refractivity (Wildman–Crippen MR) is 131 cm³/mol. The van der Waals surface area contributed by atoms with Crippen LogP contribution in [0.15, 0.2) is 83.8 Å². The maximum absolute atomic E-state index is 13.4. The predicted octanol–water partition coefficient (Wildman–Crippen LogP) is 3.73. The first-order chi connectivity index (χ1) is 16.3. The molecule has 178 valence electrons. The van der Waals surface area contributed by atoms with Gasteiger partial charge in [0, 0.05) is 13.1 Å². The first kappa shape index (κ1) is 25.0. The number of carbonyl (C=O) groups excluding carboxylic acids is 2. The van der Waals surface area contributed by atoms with E-state index >= 15 is 0 Å². The number of sulfonamides is 1. The molecule has 0 radical (unpaired) electrons. The summed E-state index contributed by atoms with van der Waals surface area (Å²) in [5, 5.41) is 2.70. The summed E-state index contributed by atoms with van der Waals surface area (Å²) in [5.74, 6) is -1.19. The number of hydrogen-bond donors (Lipinski definition) is 1. The molecule has 3 rings (SSSR count). The monoisotopic (exact) mass is 480 g/mol. The molecule has 34 heavy (non-hydrogen) atoms. The van der Waals surface area contributed by atoms with E-state index in [9.17, 15) is 18.0 Å². The Balaban J connectivity index is 1.65. The Morgan fingerprint density at radius 1 is 0.941 bits per heavy atom. The summed E-state index contributed by atoms with van der Waals surface area (Å²) in [6.07, 6.45) is 0.662. The van der Waals surface area contributed by atoms with Crippen molar-refractivity contribution in [2.24, 2.45) is 0 Å². The number of nitrogens with one attached hydrogen (secondary N) is 1. The number of aryl methyl sites for hydroxylation is 1. The van der Waals surface area contributed by atoms with Gasteiger partial charge >= 0.3 is 5.97 Å². The van der Waals surface area contributed by atoms with Crippen LogP contribution in [0.3, 0.4) is 0 Å². The van der Waals surface area contributed by atoms with Crippen molar-refractivity contribution in [1.82, 2.24) is 5.32 Å². The number of rotatable bonds is 10. The van der Waals surface area contributed by atoms with Gasteiger partial charge in [-0.15, -0.1) is 0 Å². The molecule has 0 unspecified atom stereocenters. The molecular weight excluding hydrogens is 452 g/mol. The maximum Gasteiger partial charge on any atom is 0.338 e. The Labute approximate surface area is 200 Å². The molecule has 8 heteroatoms. The third-order valence-electron chi connectivity index (χ3n) is 5.24. The minimum Gasteiger partial charge on any atom is -0.452 e.